The number of hydrogen-bond donors (Lipinski definition) is 8. The van der Waals surface area contributed by atoms with Crippen LogP contribution in [0.4, 0.5) is 0 Å². The van der Waals surface area contributed by atoms with Gasteiger partial charge in [0.15, 0.2) is 6.29 Å². The zero-order valence-corrected chi connectivity index (χ0v) is 13.6. The van der Waals surface area contributed by atoms with Crippen molar-refractivity contribution < 1.29 is 55.1 Å². The second kappa shape index (κ2) is 7.28. The lowest BCUT2D eigenvalue weighted by Gasteiger charge is -2.43. The Balaban J connectivity index is 1.82. The highest BCUT2D eigenvalue weighted by Crippen LogP contribution is 2.47. The van der Waals surface area contributed by atoms with Gasteiger partial charge in [-0.25, -0.2) is 0 Å². The molecule has 11 atom stereocenters. The molecular weight excluding hydrogens is 356 g/mol. The van der Waals surface area contributed by atoms with E-state index in [1.54, 1.807) is 0 Å². The molecule has 0 bridgehead atoms. The minimum Gasteiger partial charge on any atom is -0.472 e. The number of aliphatic hydroxyl groups excluding tert-OH is 7. The summed E-state index contributed by atoms with van der Waals surface area (Å²) in [7, 11) is 0. The highest BCUT2D eigenvalue weighted by Gasteiger charge is 2.63. The zero-order chi connectivity index (χ0) is 19.2. The van der Waals surface area contributed by atoms with Crippen molar-refractivity contribution in [1.82, 2.24) is 0 Å². The molecule has 0 unspecified atom stereocenters. The highest BCUT2D eigenvalue weighted by atomic mass is 16.8. The van der Waals surface area contributed by atoms with Crippen LogP contribution in [0.25, 0.3) is 0 Å². The molecule has 0 aromatic rings. The summed E-state index contributed by atoms with van der Waals surface area (Å²) in [6, 6.07) is 0. The van der Waals surface area contributed by atoms with Crippen molar-refractivity contribution in [3.05, 3.63) is 12.3 Å². The van der Waals surface area contributed by atoms with Crippen LogP contribution in [0.15, 0.2) is 12.3 Å². The first kappa shape index (κ1) is 19.9. The second-order valence-electron chi connectivity index (χ2n) is 6.85. The zero-order valence-electron chi connectivity index (χ0n) is 13.6. The number of rotatable bonds is 4. The molecule has 8 N–H and O–H groups in total. The van der Waals surface area contributed by atoms with E-state index in [1.165, 1.54) is 12.3 Å². The third-order valence-electron chi connectivity index (χ3n) is 5.40. The summed E-state index contributed by atoms with van der Waals surface area (Å²) in [6.07, 6.45) is -9.53. The first-order valence-electron chi connectivity index (χ1n) is 8.23. The Morgan fingerprint density at radius 2 is 1.62 bits per heavy atom. The largest absolute Gasteiger partial charge is 0.472 e. The van der Waals surface area contributed by atoms with Gasteiger partial charge >= 0.3 is 0 Å². The van der Waals surface area contributed by atoms with Gasteiger partial charge in [0.1, 0.15) is 36.1 Å². The van der Waals surface area contributed by atoms with E-state index in [-0.39, 0.29) is 0 Å². The molecule has 2 fully saturated rings. The van der Waals surface area contributed by atoms with E-state index >= 15 is 0 Å². The second-order valence-corrected chi connectivity index (χ2v) is 6.85. The van der Waals surface area contributed by atoms with Crippen LogP contribution in [0.1, 0.15) is 0 Å². The molecular formula is C15H24O11. The monoisotopic (exact) mass is 380 g/mol. The van der Waals surface area contributed by atoms with Crippen molar-refractivity contribution in [2.45, 2.75) is 54.8 Å². The molecule has 26 heavy (non-hydrogen) atoms. The fourth-order valence-corrected chi connectivity index (χ4v) is 3.83. The average molecular weight is 380 g/mol. The van der Waals surface area contributed by atoms with Gasteiger partial charge in [0.2, 0.25) is 6.29 Å². The van der Waals surface area contributed by atoms with Crippen molar-refractivity contribution in [3.8, 4) is 0 Å². The van der Waals surface area contributed by atoms with Crippen LogP contribution >= 0.6 is 0 Å². The third kappa shape index (κ3) is 2.94. The van der Waals surface area contributed by atoms with Crippen LogP contribution < -0.4 is 0 Å². The van der Waals surface area contributed by atoms with Gasteiger partial charge in [0.25, 0.3) is 0 Å². The van der Waals surface area contributed by atoms with Crippen molar-refractivity contribution in [1.29, 1.82) is 0 Å². The Morgan fingerprint density at radius 3 is 2.23 bits per heavy atom. The molecule has 0 aromatic carbocycles. The quantitative estimate of drug-likeness (QED) is 0.234. The molecule has 11 heteroatoms. The van der Waals surface area contributed by atoms with E-state index in [9.17, 15) is 40.9 Å². The number of hydrogen-bond acceptors (Lipinski definition) is 11. The van der Waals surface area contributed by atoms with E-state index in [2.05, 4.69) is 0 Å². The summed E-state index contributed by atoms with van der Waals surface area (Å²) in [4.78, 5) is 0. The van der Waals surface area contributed by atoms with Crippen LogP contribution in [0, 0.1) is 11.8 Å². The van der Waals surface area contributed by atoms with E-state index in [1.807, 2.05) is 0 Å². The standard InChI is InChI=1S/C15H24O11/c16-3-6-9(19)10(20)11(21)14(25-6)26-13-7-5(1-2-24-13)8(18)12(22)15(7,23)4-17/h1-2,5-14,16-23H,3-4H2/t5-,6-,7-,8+,9-,10+,11-,12+,13+,14+,15+/m1/s1. The lowest BCUT2D eigenvalue weighted by molar-refractivity contribution is -0.348. The topological polar surface area (TPSA) is 190 Å². The van der Waals surface area contributed by atoms with Gasteiger partial charge in [-0.2, -0.15) is 0 Å². The first-order valence-corrected chi connectivity index (χ1v) is 8.23. The molecule has 2 heterocycles. The van der Waals surface area contributed by atoms with Gasteiger partial charge in [-0.05, 0) is 6.08 Å². The SMILES string of the molecule is OC[C@H]1O[C@@H](O[C@@H]2OC=C[C@H]3[C@H](O)[C@H](O)[C@](O)(CO)[C@@H]23)[C@H](O)[C@@H](O)[C@@H]1O. The maximum atomic E-state index is 10.6. The maximum absolute atomic E-state index is 10.6. The predicted molar refractivity (Wildman–Crippen MR) is 79.9 cm³/mol. The first-order chi connectivity index (χ1) is 12.3. The van der Waals surface area contributed by atoms with Gasteiger partial charge in [-0.3, -0.25) is 0 Å². The van der Waals surface area contributed by atoms with Crippen molar-refractivity contribution in [2.24, 2.45) is 11.8 Å². The maximum Gasteiger partial charge on any atom is 0.208 e. The molecule has 3 aliphatic rings. The van der Waals surface area contributed by atoms with Crippen molar-refractivity contribution in [3.63, 3.8) is 0 Å². The third-order valence-corrected chi connectivity index (χ3v) is 5.40. The lowest BCUT2D eigenvalue weighted by atomic mass is 9.83. The molecule has 0 amide bonds. The Morgan fingerprint density at radius 1 is 0.923 bits per heavy atom. The summed E-state index contributed by atoms with van der Waals surface area (Å²) < 4.78 is 16.0. The minimum atomic E-state index is -2.15. The van der Waals surface area contributed by atoms with Crippen molar-refractivity contribution in [2.75, 3.05) is 13.2 Å². The molecule has 0 aromatic heterocycles. The van der Waals surface area contributed by atoms with Gasteiger partial charge in [-0.15, -0.1) is 0 Å². The van der Waals surface area contributed by atoms with Gasteiger partial charge < -0.3 is 55.1 Å². The van der Waals surface area contributed by atoms with E-state index in [0.717, 1.165) is 0 Å². The number of ether oxygens (including phenoxy) is 3. The van der Waals surface area contributed by atoms with Gasteiger partial charge in [0.05, 0.1) is 31.5 Å². The fourth-order valence-electron chi connectivity index (χ4n) is 3.83. The smallest absolute Gasteiger partial charge is 0.208 e. The minimum absolute atomic E-state index is 0.652. The average Bonchev–Trinajstić information content (AvgIpc) is 2.85. The molecule has 0 spiro atoms. The summed E-state index contributed by atoms with van der Waals surface area (Å²) in [5.41, 5.74) is -2.15. The molecule has 11 nitrogen and oxygen atoms in total. The summed E-state index contributed by atoms with van der Waals surface area (Å²) in [5.74, 6) is -1.93. The molecule has 0 radical (unpaired) electrons. The van der Waals surface area contributed by atoms with E-state index < -0.39 is 79.9 Å². The summed E-state index contributed by atoms with van der Waals surface area (Å²) in [5, 5.41) is 79.2. The Labute approximate surface area is 148 Å². The molecule has 3 rings (SSSR count). The van der Waals surface area contributed by atoms with Crippen LogP contribution in [0.5, 0.6) is 0 Å². The van der Waals surface area contributed by atoms with Gasteiger partial charge in [-0.1, -0.05) is 0 Å². The normalized spacial score (nSPS) is 54.0. The Hall–Kier alpha value is -0.860. The predicted octanol–water partition coefficient (Wildman–Crippen LogP) is -4.64. The molecule has 1 saturated heterocycles. The Kier molecular flexibility index (Phi) is 5.57. The van der Waals surface area contributed by atoms with Crippen LogP contribution in [-0.2, 0) is 14.2 Å². The molecule has 1 aliphatic carbocycles. The number of aliphatic hydroxyl groups is 8. The van der Waals surface area contributed by atoms with Crippen LogP contribution in [0.2, 0.25) is 0 Å². The van der Waals surface area contributed by atoms with Crippen LogP contribution in [0.3, 0.4) is 0 Å². The number of fused-ring (bicyclic) bond motifs is 1. The summed E-state index contributed by atoms with van der Waals surface area (Å²) >= 11 is 0. The molecule has 1 saturated carbocycles. The van der Waals surface area contributed by atoms with Crippen LogP contribution in [-0.4, -0.2) is 109 Å². The van der Waals surface area contributed by atoms with E-state index in [0.29, 0.717) is 0 Å². The molecule has 2 aliphatic heterocycles. The fraction of sp³-hybridized carbons (Fsp3) is 0.867. The highest BCUT2D eigenvalue weighted by molar-refractivity contribution is 5.16. The Bertz CT molecular complexity index is 528. The summed E-state index contributed by atoms with van der Waals surface area (Å²) in [6.45, 7) is -1.54. The van der Waals surface area contributed by atoms with E-state index in [4.69, 9.17) is 14.2 Å². The van der Waals surface area contributed by atoms with Gasteiger partial charge in [0, 0.05) is 5.92 Å². The van der Waals surface area contributed by atoms with Crippen molar-refractivity contribution >= 4 is 0 Å². The lowest BCUT2D eigenvalue weighted by Crippen LogP contribution is -2.61. The molecule has 150 valence electrons.